The van der Waals surface area contributed by atoms with Crippen molar-refractivity contribution >= 4 is 50.0 Å². The normalized spacial score (nSPS) is 19.3. The SMILES string of the molecule is O=C(c1nc(-c2cccs2)cs1)N1CCC(c2ccccc2Cl)S(=O)(=O)CC1. The van der Waals surface area contributed by atoms with Crippen molar-refractivity contribution in [2.45, 2.75) is 11.7 Å². The van der Waals surface area contributed by atoms with Gasteiger partial charge in [-0.15, -0.1) is 22.7 Å². The van der Waals surface area contributed by atoms with Crippen molar-refractivity contribution in [1.29, 1.82) is 0 Å². The first-order valence-electron chi connectivity index (χ1n) is 8.70. The van der Waals surface area contributed by atoms with Crippen LogP contribution in [0.4, 0.5) is 0 Å². The standard InChI is InChI=1S/C19H17ClN2O3S3/c20-14-5-2-1-4-13(14)17-7-8-22(9-11-28(17,24)25)19(23)18-21-15(12-27-18)16-6-3-10-26-16/h1-6,10,12,17H,7-9,11H2. The minimum absolute atomic E-state index is 0.0855. The largest absolute Gasteiger partial charge is 0.336 e. The number of aromatic nitrogens is 1. The molecule has 3 aromatic rings. The van der Waals surface area contributed by atoms with Crippen LogP contribution in [-0.2, 0) is 9.84 Å². The Labute approximate surface area is 176 Å². The summed E-state index contributed by atoms with van der Waals surface area (Å²) in [4.78, 5) is 20.0. The molecule has 146 valence electrons. The molecule has 0 saturated carbocycles. The van der Waals surface area contributed by atoms with E-state index in [0.29, 0.717) is 28.6 Å². The summed E-state index contributed by atoms with van der Waals surface area (Å²) in [5.74, 6) is -0.305. The Hall–Kier alpha value is -1.74. The van der Waals surface area contributed by atoms with Crippen LogP contribution < -0.4 is 0 Å². The molecule has 9 heteroatoms. The van der Waals surface area contributed by atoms with Crippen molar-refractivity contribution in [3.8, 4) is 10.6 Å². The number of carbonyl (C=O) groups excluding carboxylic acids is 1. The third-order valence-corrected chi connectivity index (χ3v) is 8.92. The lowest BCUT2D eigenvalue weighted by molar-refractivity contribution is 0.0766. The van der Waals surface area contributed by atoms with Crippen molar-refractivity contribution in [1.82, 2.24) is 9.88 Å². The highest BCUT2D eigenvalue weighted by molar-refractivity contribution is 7.91. The van der Waals surface area contributed by atoms with Gasteiger partial charge in [-0.05, 0) is 29.5 Å². The van der Waals surface area contributed by atoms with E-state index in [0.717, 1.165) is 10.6 Å². The summed E-state index contributed by atoms with van der Waals surface area (Å²) < 4.78 is 25.6. The van der Waals surface area contributed by atoms with Crippen LogP contribution in [0.5, 0.6) is 0 Å². The number of hydrogen-bond donors (Lipinski definition) is 0. The average Bonchev–Trinajstić information content (AvgIpc) is 3.33. The molecule has 4 rings (SSSR count). The van der Waals surface area contributed by atoms with E-state index in [2.05, 4.69) is 4.98 Å². The smallest absolute Gasteiger partial charge is 0.282 e. The van der Waals surface area contributed by atoms with E-state index < -0.39 is 15.1 Å². The molecule has 1 amide bonds. The molecule has 1 atom stereocenters. The van der Waals surface area contributed by atoms with E-state index in [1.165, 1.54) is 11.3 Å². The van der Waals surface area contributed by atoms with Crippen molar-refractivity contribution < 1.29 is 13.2 Å². The fourth-order valence-corrected chi connectivity index (χ4v) is 6.97. The highest BCUT2D eigenvalue weighted by Gasteiger charge is 2.34. The summed E-state index contributed by atoms with van der Waals surface area (Å²) in [5, 5.41) is 3.95. The van der Waals surface area contributed by atoms with Crippen LogP contribution >= 0.6 is 34.3 Å². The van der Waals surface area contributed by atoms with E-state index in [9.17, 15) is 13.2 Å². The lowest BCUT2D eigenvalue weighted by Gasteiger charge is -2.18. The predicted molar refractivity (Wildman–Crippen MR) is 114 cm³/mol. The van der Waals surface area contributed by atoms with Gasteiger partial charge in [0.05, 0.1) is 21.6 Å². The quantitative estimate of drug-likeness (QED) is 0.585. The Kier molecular flexibility index (Phi) is 5.55. The Balaban J connectivity index is 1.55. The third kappa shape index (κ3) is 3.87. The summed E-state index contributed by atoms with van der Waals surface area (Å²) in [5.41, 5.74) is 1.38. The monoisotopic (exact) mass is 452 g/mol. The van der Waals surface area contributed by atoms with Crippen molar-refractivity contribution in [3.05, 3.63) is 62.8 Å². The van der Waals surface area contributed by atoms with Crippen LogP contribution in [0.3, 0.4) is 0 Å². The van der Waals surface area contributed by atoms with Gasteiger partial charge in [0.25, 0.3) is 5.91 Å². The lowest BCUT2D eigenvalue weighted by Crippen LogP contribution is -2.33. The number of hydrogen-bond acceptors (Lipinski definition) is 6. The summed E-state index contributed by atoms with van der Waals surface area (Å²) in [6.45, 7) is 0.512. The lowest BCUT2D eigenvalue weighted by atomic mass is 10.1. The third-order valence-electron chi connectivity index (χ3n) is 4.74. The molecule has 28 heavy (non-hydrogen) atoms. The zero-order chi connectivity index (χ0) is 19.7. The van der Waals surface area contributed by atoms with Crippen LogP contribution in [0.1, 0.15) is 27.0 Å². The van der Waals surface area contributed by atoms with Gasteiger partial charge in [0.1, 0.15) is 0 Å². The predicted octanol–water partition coefficient (Wildman–Crippen LogP) is 4.53. The maximum atomic E-state index is 12.9. The van der Waals surface area contributed by atoms with Gasteiger partial charge in [-0.2, -0.15) is 0 Å². The fraction of sp³-hybridized carbons (Fsp3) is 0.263. The minimum Gasteiger partial charge on any atom is -0.336 e. The van der Waals surface area contributed by atoms with Gasteiger partial charge in [0.2, 0.25) is 0 Å². The van der Waals surface area contributed by atoms with E-state index >= 15 is 0 Å². The first-order valence-corrected chi connectivity index (χ1v) is 12.6. The first kappa shape index (κ1) is 19.6. The van der Waals surface area contributed by atoms with Crippen LogP contribution in [0, 0.1) is 0 Å². The molecule has 0 spiro atoms. The molecule has 1 unspecified atom stereocenters. The molecular formula is C19H17ClN2O3S3. The molecule has 1 aromatic carbocycles. The minimum atomic E-state index is -3.41. The van der Waals surface area contributed by atoms with E-state index in [4.69, 9.17) is 11.6 Å². The second-order valence-corrected chi connectivity index (χ2v) is 11.0. The summed E-state index contributed by atoms with van der Waals surface area (Å²) in [7, 11) is -3.41. The fourth-order valence-electron chi connectivity index (χ4n) is 3.28. The van der Waals surface area contributed by atoms with Gasteiger partial charge >= 0.3 is 0 Å². The van der Waals surface area contributed by atoms with Crippen molar-refractivity contribution in [2.24, 2.45) is 0 Å². The number of sulfone groups is 1. The molecule has 1 aliphatic heterocycles. The highest BCUT2D eigenvalue weighted by Crippen LogP contribution is 2.34. The molecule has 2 aromatic heterocycles. The second-order valence-electron chi connectivity index (χ2n) is 6.47. The Morgan fingerprint density at radius 3 is 2.71 bits per heavy atom. The maximum absolute atomic E-state index is 12.9. The number of thiophene rings is 1. The van der Waals surface area contributed by atoms with Crippen LogP contribution in [0.2, 0.25) is 5.02 Å². The van der Waals surface area contributed by atoms with Gasteiger partial charge in [0.15, 0.2) is 14.8 Å². The summed E-state index contributed by atoms with van der Waals surface area (Å²) in [6, 6.07) is 10.9. The number of halogens is 1. The van der Waals surface area contributed by atoms with Gasteiger partial charge in [-0.3, -0.25) is 4.79 Å². The zero-order valence-electron chi connectivity index (χ0n) is 14.7. The molecule has 1 fully saturated rings. The van der Waals surface area contributed by atoms with E-state index in [-0.39, 0.29) is 18.2 Å². The number of thiazole rings is 1. The zero-order valence-corrected chi connectivity index (χ0v) is 18.0. The molecule has 0 bridgehead atoms. The molecule has 1 aliphatic rings. The molecule has 5 nitrogen and oxygen atoms in total. The van der Waals surface area contributed by atoms with E-state index in [1.807, 2.05) is 22.9 Å². The number of carbonyl (C=O) groups is 1. The Morgan fingerprint density at radius 1 is 1.14 bits per heavy atom. The van der Waals surface area contributed by atoms with Crippen LogP contribution in [0.15, 0.2) is 47.2 Å². The highest BCUT2D eigenvalue weighted by atomic mass is 35.5. The molecule has 0 aliphatic carbocycles. The van der Waals surface area contributed by atoms with Crippen LogP contribution in [-0.4, -0.2) is 43.1 Å². The van der Waals surface area contributed by atoms with Gasteiger partial charge in [-0.1, -0.05) is 35.9 Å². The molecule has 0 radical (unpaired) electrons. The molecular weight excluding hydrogens is 436 g/mol. The van der Waals surface area contributed by atoms with Gasteiger partial charge in [-0.25, -0.2) is 13.4 Å². The van der Waals surface area contributed by atoms with Gasteiger partial charge in [0, 0.05) is 23.5 Å². The molecule has 0 N–H and O–H groups in total. The topological polar surface area (TPSA) is 67.3 Å². The number of amides is 1. The first-order chi connectivity index (χ1) is 13.5. The van der Waals surface area contributed by atoms with Gasteiger partial charge < -0.3 is 4.90 Å². The second kappa shape index (κ2) is 7.94. The molecule has 1 saturated heterocycles. The Bertz CT molecular complexity index is 1090. The maximum Gasteiger partial charge on any atom is 0.282 e. The van der Waals surface area contributed by atoms with Crippen molar-refractivity contribution in [2.75, 3.05) is 18.8 Å². The number of rotatable bonds is 3. The molecule has 3 heterocycles. The van der Waals surface area contributed by atoms with E-state index in [1.54, 1.807) is 40.5 Å². The number of benzene rings is 1. The Morgan fingerprint density at radius 2 is 1.96 bits per heavy atom. The number of nitrogens with zero attached hydrogens (tertiary/aromatic N) is 2. The van der Waals surface area contributed by atoms with Crippen molar-refractivity contribution in [3.63, 3.8) is 0 Å². The summed E-state index contributed by atoms with van der Waals surface area (Å²) in [6.07, 6.45) is 0.320. The average molecular weight is 453 g/mol. The van der Waals surface area contributed by atoms with Crippen LogP contribution in [0.25, 0.3) is 10.6 Å². The summed E-state index contributed by atoms with van der Waals surface area (Å²) >= 11 is 9.09.